The first-order chi connectivity index (χ1) is 15.6. The van der Waals surface area contributed by atoms with Crippen LogP contribution in [0.4, 0.5) is 4.79 Å². The van der Waals surface area contributed by atoms with Crippen molar-refractivity contribution in [1.82, 2.24) is 15.5 Å². The van der Waals surface area contributed by atoms with Gasteiger partial charge in [-0.25, -0.2) is 4.79 Å². The molecule has 2 aliphatic rings. The third kappa shape index (κ3) is 3.56. The number of amides is 2. The Balaban J connectivity index is 1.96. The monoisotopic (exact) mass is 435 g/mol. The Morgan fingerprint density at radius 1 is 1.03 bits per heavy atom. The number of carbonyl (C=O) groups excluding carboxylic acids is 1. The summed E-state index contributed by atoms with van der Waals surface area (Å²) >= 11 is 0. The van der Waals surface area contributed by atoms with E-state index in [-0.39, 0.29) is 18.0 Å². The van der Waals surface area contributed by atoms with Crippen LogP contribution in [-0.2, 0) is 10.2 Å². The van der Waals surface area contributed by atoms with Crippen molar-refractivity contribution in [2.45, 2.75) is 57.0 Å². The van der Waals surface area contributed by atoms with E-state index >= 15 is 0 Å². The third-order valence-corrected chi connectivity index (χ3v) is 6.94. The topological polar surface area (TPSA) is 81.7 Å². The van der Waals surface area contributed by atoms with Gasteiger partial charge in [0.1, 0.15) is 5.41 Å². The molecule has 2 unspecified atom stereocenters. The molecule has 3 N–H and O–H groups in total. The van der Waals surface area contributed by atoms with Crippen LogP contribution < -0.4 is 10.6 Å². The van der Waals surface area contributed by atoms with Gasteiger partial charge in [-0.3, -0.25) is 9.69 Å². The number of nitrogens with zero attached hydrogens (tertiary/aromatic N) is 1. The smallest absolute Gasteiger partial charge is 0.404 e. The standard InChI is InChI=1S/C26H33N3O3/c1-3-5-16-29-17-14-22(28-25(31)32)23(29)26(24(30)27-15-4-2)20-12-8-6-10-18(20)19-11-7-9-13-21(19)26/h6-13,22-23,28H,3-5,14-17H2,1-2H3,(H,27,30)(H,31,32). The van der Waals surface area contributed by atoms with E-state index in [1.165, 1.54) is 0 Å². The van der Waals surface area contributed by atoms with Crippen molar-refractivity contribution in [3.63, 3.8) is 0 Å². The van der Waals surface area contributed by atoms with Crippen LogP contribution in [0.2, 0.25) is 0 Å². The number of likely N-dealkylation sites (tertiary alicyclic amines) is 1. The first-order valence-electron chi connectivity index (χ1n) is 11.8. The number of carbonyl (C=O) groups is 2. The number of carboxylic acid groups (broad SMARTS) is 1. The van der Waals surface area contributed by atoms with Crippen LogP contribution >= 0.6 is 0 Å². The minimum Gasteiger partial charge on any atom is -0.465 e. The maximum atomic E-state index is 14.2. The highest BCUT2D eigenvalue weighted by Gasteiger charge is 2.59. The van der Waals surface area contributed by atoms with Crippen molar-refractivity contribution in [3.05, 3.63) is 59.7 Å². The average molecular weight is 436 g/mol. The van der Waals surface area contributed by atoms with Crippen molar-refractivity contribution in [2.24, 2.45) is 0 Å². The fraction of sp³-hybridized carbons (Fsp3) is 0.462. The van der Waals surface area contributed by atoms with Gasteiger partial charge in [0.2, 0.25) is 5.91 Å². The molecule has 0 spiro atoms. The van der Waals surface area contributed by atoms with Gasteiger partial charge in [0.15, 0.2) is 0 Å². The van der Waals surface area contributed by atoms with Crippen molar-refractivity contribution in [1.29, 1.82) is 0 Å². The lowest BCUT2D eigenvalue weighted by Gasteiger charge is -2.43. The fourth-order valence-corrected chi connectivity index (χ4v) is 5.70. The second kappa shape index (κ2) is 9.33. The van der Waals surface area contributed by atoms with Crippen molar-refractivity contribution in [3.8, 4) is 11.1 Å². The summed E-state index contributed by atoms with van der Waals surface area (Å²) in [7, 11) is 0. The highest BCUT2D eigenvalue weighted by Crippen LogP contribution is 2.53. The molecular formula is C26H33N3O3. The van der Waals surface area contributed by atoms with E-state index in [2.05, 4.69) is 46.7 Å². The zero-order valence-corrected chi connectivity index (χ0v) is 18.9. The molecule has 1 saturated heterocycles. The summed E-state index contributed by atoms with van der Waals surface area (Å²) in [5.41, 5.74) is 3.10. The molecule has 170 valence electrons. The van der Waals surface area contributed by atoms with Gasteiger partial charge in [0.05, 0.1) is 12.1 Å². The summed E-state index contributed by atoms with van der Waals surface area (Å²) < 4.78 is 0. The van der Waals surface area contributed by atoms with Gasteiger partial charge < -0.3 is 15.7 Å². The molecule has 6 nitrogen and oxygen atoms in total. The number of benzene rings is 2. The number of rotatable bonds is 8. The highest BCUT2D eigenvalue weighted by atomic mass is 16.4. The maximum absolute atomic E-state index is 14.2. The highest BCUT2D eigenvalue weighted by molar-refractivity contribution is 6.01. The number of nitrogens with one attached hydrogen (secondary N) is 2. The molecule has 2 aromatic carbocycles. The number of hydrogen-bond donors (Lipinski definition) is 3. The van der Waals surface area contributed by atoms with Gasteiger partial charge >= 0.3 is 6.09 Å². The van der Waals surface area contributed by atoms with Crippen LogP contribution in [0.15, 0.2) is 48.5 Å². The minimum atomic E-state index is -1.04. The van der Waals surface area contributed by atoms with E-state index in [9.17, 15) is 14.7 Å². The molecule has 1 aliphatic heterocycles. The summed E-state index contributed by atoms with van der Waals surface area (Å²) in [5, 5.41) is 15.6. The van der Waals surface area contributed by atoms with Crippen LogP contribution in [0.1, 0.15) is 50.7 Å². The third-order valence-electron chi connectivity index (χ3n) is 6.94. The molecule has 2 amide bonds. The first kappa shape index (κ1) is 22.3. The largest absolute Gasteiger partial charge is 0.465 e. The molecular weight excluding hydrogens is 402 g/mol. The van der Waals surface area contributed by atoms with Gasteiger partial charge in [-0.05, 0) is 48.1 Å². The average Bonchev–Trinajstić information content (AvgIpc) is 3.32. The van der Waals surface area contributed by atoms with E-state index in [1.807, 2.05) is 31.2 Å². The van der Waals surface area contributed by atoms with Crippen LogP contribution in [0.5, 0.6) is 0 Å². The zero-order valence-electron chi connectivity index (χ0n) is 18.9. The summed E-state index contributed by atoms with van der Waals surface area (Å²) in [6.07, 6.45) is 2.54. The second-order valence-electron chi connectivity index (χ2n) is 8.83. The Bertz CT molecular complexity index is 944. The summed E-state index contributed by atoms with van der Waals surface area (Å²) in [5.74, 6) is -0.0395. The summed E-state index contributed by atoms with van der Waals surface area (Å²) in [6.45, 7) is 6.39. The zero-order chi connectivity index (χ0) is 22.7. The van der Waals surface area contributed by atoms with Crippen LogP contribution in [0.3, 0.4) is 0 Å². The van der Waals surface area contributed by atoms with Gasteiger partial charge in [0.25, 0.3) is 0 Å². The second-order valence-corrected chi connectivity index (χ2v) is 8.83. The lowest BCUT2D eigenvalue weighted by atomic mass is 9.68. The van der Waals surface area contributed by atoms with E-state index in [4.69, 9.17) is 0 Å². The molecule has 2 atom stereocenters. The predicted molar refractivity (Wildman–Crippen MR) is 126 cm³/mol. The van der Waals surface area contributed by atoms with Gasteiger partial charge in [-0.1, -0.05) is 68.8 Å². The number of fused-ring (bicyclic) bond motifs is 3. The van der Waals surface area contributed by atoms with E-state index < -0.39 is 11.5 Å². The molecule has 0 bridgehead atoms. The maximum Gasteiger partial charge on any atom is 0.404 e. The van der Waals surface area contributed by atoms with Crippen molar-refractivity contribution in [2.75, 3.05) is 19.6 Å². The molecule has 2 aromatic rings. The Hall–Kier alpha value is -2.86. The predicted octanol–water partition coefficient (Wildman–Crippen LogP) is 3.99. The van der Waals surface area contributed by atoms with Crippen LogP contribution in [-0.4, -0.2) is 53.7 Å². The lowest BCUT2D eigenvalue weighted by molar-refractivity contribution is -0.127. The molecule has 1 fully saturated rings. The molecule has 1 aliphatic carbocycles. The molecule has 0 aromatic heterocycles. The van der Waals surface area contributed by atoms with Crippen molar-refractivity contribution < 1.29 is 14.7 Å². The van der Waals surface area contributed by atoms with Crippen LogP contribution in [0, 0.1) is 0 Å². The molecule has 6 heteroatoms. The molecule has 0 saturated carbocycles. The molecule has 4 rings (SSSR count). The fourth-order valence-electron chi connectivity index (χ4n) is 5.70. The van der Waals surface area contributed by atoms with Gasteiger partial charge in [0, 0.05) is 13.1 Å². The molecule has 0 radical (unpaired) electrons. The summed E-state index contributed by atoms with van der Waals surface area (Å²) in [4.78, 5) is 28.3. The lowest BCUT2D eigenvalue weighted by Crippen LogP contribution is -2.62. The molecule has 1 heterocycles. The van der Waals surface area contributed by atoms with E-state index in [1.54, 1.807) is 0 Å². The quantitative estimate of drug-likeness (QED) is 0.586. The minimum absolute atomic E-state index is 0.0395. The number of unbranched alkanes of at least 4 members (excludes halogenated alkanes) is 1. The normalized spacial score (nSPS) is 21.1. The van der Waals surface area contributed by atoms with E-state index in [0.717, 1.165) is 54.6 Å². The van der Waals surface area contributed by atoms with Crippen LogP contribution in [0.25, 0.3) is 11.1 Å². The Kier molecular flexibility index (Phi) is 6.51. The van der Waals surface area contributed by atoms with Gasteiger partial charge in [-0.2, -0.15) is 0 Å². The van der Waals surface area contributed by atoms with Crippen molar-refractivity contribution >= 4 is 12.0 Å². The van der Waals surface area contributed by atoms with E-state index in [0.29, 0.717) is 13.0 Å². The Morgan fingerprint density at radius 3 is 2.22 bits per heavy atom. The number of hydrogen-bond acceptors (Lipinski definition) is 3. The Morgan fingerprint density at radius 2 is 1.66 bits per heavy atom. The van der Waals surface area contributed by atoms with Gasteiger partial charge in [-0.15, -0.1) is 0 Å². The summed E-state index contributed by atoms with van der Waals surface area (Å²) in [6, 6.07) is 15.6. The Labute approximate surface area is 190 Å². The molecule has 32 heavy (non-hydrogen) atoms. The first-order valence-corrected chi connectivity index (χ1v) is 11.8. The SMILES string of the molecule is CCCCN1CCC(NC(=O)O)C1C1(C(=O)NCCC)c2ccccc2-c2ccccc21.